The van der Waals surface area contributed by atoms with E-state index in [0.717, 1.165) is 73.6 Å². The highest BCUT2D eigenvalue weighted by molar-refractivity contribution is 7.85. The molecule has 2 aromatic rings. The van der Waals surface area contributed by atoms with Gasteiger partial charge in [0.25, 0.3) is 0 Å². The number of aromatic nitrogens is 3. The van der Waals surface area contributed by atoms with Gasteiger partial charge in [-0.3, -0.25) is 9.19 Å². The summed E-state index contributed by atoms with van der Waals surface area (Å²) in [6, 6.07) is 2.09. The summed E-state index contributed by atoms with van der Waals surface area (Å²) in [6.45, 7) is 1.83. The van der Waals surface area contributed by atoms with Crippen molar-refractivity contribution in [3.8, 4) is 0 Å². The molecule has 0 unspecified atom stereocenters. The third-order valence-corrected chi connectivity index (χ3v) is 8.31. The van der Waals surface area contributed by atoms with Gasteiger partial charge in [-0.1, -0.05) is 11.6 Å². The van der Waals surface area contributed by atoms with Gasteiger partial charge >= 0.3 is 0 Å². The molecule has 0 aromatic carbocycles. The summed E-state index contributed by atoms with van der Waals surface area (Å²) in [7, 11) is -1.01. The molecule has 4 heterocycles. The Morgan fingerprint density at radius 2 is 2.00 bits per heavy atom. The molecule has 1 aliphatic carbocycles. The predicted molar refractivity (Wildman–Crippen MR) is 118 cm³/mol. The number of halogens is 1. The number of aliphatic hydroxyl groups excluding tert-OH is 1. The van der Waals surface area contributed by atoms with Gasteiger partial charge in [-0.15, -0.1) is 0 Å². The van der Waals surface area contributed by atoms with E-state index in [1.165, 1.54) is 0 Å². The zero-order valence-corrected chi connectivity index (χ0v) is 18.4. The Hall–Kier alpha value is -1.77. The monoisotopic (exact) mass is 447 g/mol. The molecule has 2 aliphatic heterocycles. The number of hydrogen-bond donors (Lipinski definition) is 2. The Bertz CT molecular complexity index is 953. The van der Waals surface area contributed by atoms with Crippen molar-refractivity contribution in [3.63, 3.8) is 0 Å². The average Bonchev–Trinajstić information content (AvgIpc) is 3.12. The zero-order valence-electron chi connectivity index (χ0n) is 16.8. The molecule has 1 saturated heterocycles. The van der Waals surface area contributed by atoms with E-state index in [-0.39, 0.29) is 12.1 Å². The first-order valence-electron chi connectivity index (χ1n) is 10.6. The predicted octanol–water partition coefficient (Wildman–Crippen LogP) is 2.90. The molecule has 160 valence electrons. The first kappa shape index (κ1) is 20.2. The number of pyridine rings is 1. The fourth-order valence-electron chi connectivity index (χ4n) is 4.68. The number of rotatable bonds is 5. The quantitative estimate of drug-likeness (QED) is 0.728. The van der Waals surface area contributed by atoms with Crippen LogP contribution in [0.5, 0.6) is 0 Å². The number of aliphatic hydroxyl groups is 1. The van der Waals surface area contributed by atoms with Crippen LogP contribution in [0.3, 0.4) is 0 Å². The second-order valence-corrected chi connectivity index (χ2v) is 10.5. The fourth-order valence-corrected chi connectivity index (χ4v) is 6.13. The topological polar surface area (TPSA) is 91.2 Å². The van der Waals surface area contributed by atoms with Crippen LogP contribution in [0.2, 0.25) is 5.02 Å². The standard InChI is InChI=1S/C21H26ClN5O2S/c22-15-11-23-20(24-12-15)27-7-2-14(3-8-27)17-10-18(26-21(13-28)5-1-6-21)19-16(25-17)4-9-30(19)29/h10-12,14,28H,1-9,13H2,(H,25,26)/t30-/m1/s1. The molecule has 2 aromatic heterocycles. The minimum Gasteiger partial charge on any atom is -0.394 e. The number of anilines is 2. The number of hydrogen-bond acceptors (Lipinski definition) is 7. The van der Waals surface area contributed by atoms with E-state index in [2.05, 4.69) is 26.3 Å². The Kier molecular flexibility index (Phi) is 5.41. The fraction of sp³-hybridized carbons (Fsp3) is 0.571. The molecular weight excluding hydrogens is 422 g/mol. The number of fused-ring (bicyclic) bond motifs is 1. The van der Waals surface area contributed by atoms with Crippen molar-refractivity contribution >= 4 is 34.0 Å². The molecule has 0 amide bonds. The van der Waals surface area contributed by atoms with Crippen LogP contribution in [0.15, 0.2) is 23.4 Å². The van der Waals surface area contributed by atoms with Crippen LogP contribution >= 0.6 is 11.6 Å². The SMILES string of the molecule is O=[S@@]1CCc2nc(C3CCN(c4ncc(Cl)cn4)CC3)cc(NC3(CO)CCC3)c21. The van der Waals surface area contributed by atoms with Crippen LogP contribution in [-0.2, 0) is 17.2 Å². The van der Waals surface area contributed by atoms with Crippen molar-refractivity contribution in [1.29, 1.82) is 0 Å². The first-order valence-corrected chi connectivity index (χ1v) is 12.3. The first-order chi connectivity index (χ1) is 14.6. The molecule has 2 fully saturated rings. The Balaban J connectivity index is 1.37. The number of aryl methyl sites for hydroxylation is 1. The molecular formula is C21H26ClN5O2S. The molecule has 5 rings (SSSR count). The summed E-state index contributed by atoms with van der Waals surface area (Å²) in [5.74, 6) is 1.70. The van der Waals surface area contributed by atoms with E-state index >= 15 is 0 Å². The molecule has 30 heavy (non-hydrogen) atoms. The minimum absolute atomic E-state index is 0.103. The van der Waals surface area contributed by atoms with Crippen molar-refractivity contribution in [2.45, 2.75) is 54.9 Å². The second-order valence-electron chi connectivity index (χ2n) is 8.55. The van der Waals surface area contributed by atoms with E-state index in [4.69, 9.17) is 16.6 Å². The smallest absolute Gasteiger partial charge is 0.225 e. The van der Waals surface area contributed by atoms with Gasteiger partial charge in [0, 0.05) is 36.9 Å². The summed E-state index contributed by atoms with van der Waals surface area (Å²) in [4.78, 5) is 16.6. The summed E-state index contributed by atoms with van der Waals surface area (Å²) in [6.07, 6.45) is 8.96. The van der Waals surface area contributed by atoms with Crippen LogP contribution in [0.4, 0.5) is 11.6 Å². The Morgan fingerprint density at radius 1 is 1.27 bits per heavy atom. The van der Waals surface area contributed by atoms with Crippen molar-refractivity contribution < 1.29 is 9.32 Å². The summed E-state index contributed by atoms with van der Waals surface area (Å²) >= 11 is 5.90. The second kappa shape index (κ2) is 8.05. The van der Waals surface area contributed by atoms with Gasteiger partial charge in [0.05, 0.1) is 56.6 Å². The van der Waals surface area contributed by atoms with Gasteiger partial charge in [-0.05, 0) is 38.2 Å². The minimum atomic E-state index is -1.01. The zero-order chi connectivity index (χ0) is 20.7. The van der Waals surface area contributed by atoms with E-state index in [0.29, 0.717) is 22.6 Å². The average molecular weight is 448 g/mol. The van der Waals surface area contributed by atoms with Gasteiger partial charge in [0.1, 0.15) is 0 Å². The van der Waals surface area contributed by atoms with E-state index < -0.39 is 10.8 Å². The highest BCUT2D eigenvalue weighted by Gasteiger charge is 2.38. The van der Waals surface area contributed by atoms with Gasteiger partial charge in [-0.25, -0.2) is 9.97 Å². The lowest BCUT2D eigenvalue weighted by atomic mass is 9.77. The van der Waals surface area contributed by atoms with Crippen LogP contribution in [0.25, 0.3) is 0 Å². The molecule has 9 heteroatoms. The van der Waals surface area contributed by atoms with Gasteiger partial charge in [0.2, 0.25) is 5.95 Å². The largest absolute Gasteiger partial charge is 0.394 e. The summed E-state index contributed by atoms with van der Waals surface area (Å²) < 4.78 is 12.6. The third-order valence-electron chi connectivity index (χ3n) is 6.63. The van der Waals surface area contributed by atoms with Crippen molar-refractivity contribution in [1.82, 2.24) is 15.0 Å². The lowest BCUT2D eigenvalue weighted by Crippen LogP contribution is -2.48. The van der Waals surface area contributed by atoms with Crippen molar-refractivity contribution in [3.05, 3.63) is 34.9 Å². The van der Waals surface area contributed by atoms with E-state index in [9.17, 15) is 9.32 Å². The lowest BCUT2D eigenvalue weighted by molar-refractivity contribution is 0.144. The molecule has 0 radical (unpaired) electrons. The molecule has 0 spiro atoms. The van der Waals surface area contributed by atoms with Crippen molar-refractivity contribution in [2.24, 2.45) is 0 Å². The Morgan fingerprint density at radius 3 is 2.63 bits per heavy atom. The van der Waals surface area contributed by atoms with Crippen LogP contribution < -0.4 is 10.2 Å². The normalized spacial score (nSPS) is 23.1. The molecule has 0 bridgehead atoms. The van der Waals surface area contributed by atoms with E-state index in [1.807, 2.05) is 0 Å². The summed E-state index contributed by atoms with van der Waals surface area (Å²) in [5, 5.41) is 14.0. The number of nitrogens with zero attached hydrogens (tertiary/aromatic N) is 4. The summed E-state index contributed by atoms with van der Waals surface area (Å²) in [5.41, 5.74) is 2.68. The number of nitrogens with one attached hydrogen (secondary N) is 1. The maximum Gasteiger partial charge on any atom is 0.225 e. The molecule has 1 saturated carbocycles. The number of piperidine rings is 1. The highest BCUT2D eigenvalue weighted by atomic mass is 35.5. The third kappa shape index (κ3) is 3.69. The molecule has 7 nitrogen and oxygen atoms in total. The van der Waals surface area contributed by atoms with Crippen LogP contribution in [-0.4, -0.2) is 55.3 Å². The lowest BCUT2D eigenvalue weighted by Gasteiger charge is -2.42. The molecule has 2 N–H and O–H groups in total. The highest BCUT2D eigenvalue weighted by Crippen LogP contribution is 2.40. The maximum atomic E-state index is 12.6. The van der Waals surface area contributed by atoms with Crippen LogP contribution in [0.1, 0.15) is 49.4 Å². The van der Waals surface area contributed by atoms with Gasteiger partial charge in [-0.2, -0.15) is 0 Å². The van der Waals surface area contributed by atoms with Gasteiger partial charge < -0.3 is 15.3 Å². The van der Waals surface area contributed by atoms with Gasteiger partial charge in [0.15, 0.2) is 0 Å². The maximum absolute atomic E-state index is 12.6. The van der Waals surface area contributed by atoms with Crippen molar-refractivity contribution in [2.75, 3.05) is 35.7 Å². The van der Waals surface area contributed by atoms with Crippen LogP contribution in [0, 0.1) is 0 Å². The Labute approximate surface area is 183 Å². The molecule has 3 aliphatic rings. The molecule has 1 atom stereocenters. The van der Waals surface area contributed by atoms with E-state index in [1.54, 1.807) is 12.4 Å².